The lowest BCUT2D eigenvalue weighted by molar-refractivity contribution is -0.140. The van der Waals surface area contributed by atoms with Crippen molar-refractivity contribution in [2.24, 2.45) is 5.92 Å². The molecule has 0 aliphatic rings. The molecule has 0 aliphatic carbocycles. The number of carboxylic acids is 1. The molecular weight excluding hydrogens is 214 g/mol. The summed E-state index contributed by atoms with van der Waals surface area (Å²) >= 11 is 0. The molecule has 1 rings (SSSR count). The summed E-state index contributed by atoms with van der Waals surface area (Å²) in [6.45, 7) is 6.58. The fourth-order valence-electron chi connectivity index (χ4n) is 1.85. The smallest absolute Gasteiger partial charge is 0.320 e. The number of aryl methyl sites for hydroxylation is 1. The zero-order valence-corrected chi connectivity index (χ0v) is 10.7. The molecule has 0 spiro atoms. The van der Waals surface area contributed by atoms with E-state index in [2.05, 4.69) is 30.4 Å². The maximum absolute atomic E-state index is 11.0. The zero-order chi connectivity index (χ0) is 12.8. The van der Waals surface area contributed by atoms with Crippen LogP contribution in [0.5, 0.6) is 0 Å². The molecule has 0 aliphatic heterocycles. The Morgan fingerprint density at radius 2 is 2.12 bits per heavy atom. The molecule has 0 bridgehead atoms. The van der Waals surface area contributed by atoms with E-state index in [-0.39, 0.29) is 5.92 Å². The molecule has 0 unspecified atom stereocenters. The van der Waals surface area contributed by atoms with E-state index < -0.39 is 12.0 Å². The second-order valence-corrected chi connectivity index (χ2v) is 4.75. The molecule has 3 heteroatoms. The van der Waals surface area contributed by atoms with Crippen molar-refractivity contribution in [2.75, 3.05) is 6.54 Å². The van der Waals surface area contributed by atoms with E-state index in [1.54, 1.807) is 0 Å². The first-order valence-corrected chi connectivity index (χ1v) is 6.02. The molecule has 0 heterocycles. The minimum absolute atomic E-state index is 0.102. The summed E-state index contributed by atoms with van der Waals surface area (Å²) < 4.78 is 0. The number of aliphatic carboxylic acids is 1. The fraction of sp³-hybridized carbons (Fsp3) is 0.500. The monoisotopic (exact) mass is 235 g/mol. The van der Waals surface area contributed by atoms with Gasteiger partial charge >= 0.3 is 5.97 Å². The van der Waals surface area contributed by atoms with Crippen LogP contribution in [0.4, 0.5) is 0 Å². The highest BCUT2D eigenvalue weighted by atomic mass is 16.4. The van der Waals surface area contributed by atoms with Gasteiger partial charge in [0.05, 0.1) is 0 Å². The average molecular weight is 235 g/mol. The van der Waals surface area contributed by atoms with Crippen molar-refractivity contribution < 1.29 is 9.90 Å². The number of rotatable bonds is 6. The summed E-state index contributed by atoms with van der Waals surface area (Å²) in [7, 11) is 0. The van der Waals surface area contributed by atoms with E-state index in [1.165, 1.54) is 11.1 Å². The summed E-state index contributed by atoms with van der Waals surface area (Å²) in [6.07, 6.45) is 0.859. The van der Waals surface area contributed by atoms with E-state index in [0.717, 1.165) is 6.42 Å². The van der Waals surface area contributed by atoms with Gasteiger partial charge < -0.3 is 10.4 Å². The third-order valence-corrected chi connectivity index (χ3v) is 2.79. The molecule has 0 amide bonds. The molecule has 0 fully saturated rings. The lowest BCUT2D eigenvalue weighted by atomic mass is 10.0. The predicted molar refractivity (Wildman–Crippen MR) is 69.1 cm³/mol. The quantitative estimate of drug-likeness (QED) is 0.795. The lowest BCUT2D eigenvalue weighted by Crippen LogP contribution is -2.41. The Kier molecular flexibility index (Phi) is 5.16. The van der Waals surface area contributed by atoms with Gasteiger partial charge in [-0.3, -0.25) is 4.79 Å². The molecule has 1 aromatic carbocycles. The van der Waals surface area contributed by atoms with Crippen LogP contribution in [0.3, 0.4) is 0 Å². The first-order valence-electron chi connectivity index (χ1n) is 6.02. The van der Waals surface area contributed by atoms with E-state index in [0.29, 0.717) is 6.54 Å². The Labute approximate surface area is 103 Å². The largest absolute Gasteiger partial charge is 0.480 e. The zero-order valence-electron chi connectivity index (χ0n) is 10.7. The van der Waals surface area contributed by atoms with Crippen LogP contribution < -0.4 is 5.32 Å². The number of nitrogens with one attached hydrogen (secondary N) is 1. The van der Waals surface area contributed by atoms with Gasteiger partial charge in [0.2, 0.25) is 0 Å². The highest BCUT2D eigenvalue weighted by molar-refractivity contribution is 5.73. The third-order valence-electron chi connectivity index (χ3n) is 2.79. The highest BCUT2D eigenvalue weighted by Gasteiger charge is 2.19. The Morgan fingerprint density at radius 3 is 2.65 bits per heavy atom. The van der Waals surface area contributed by atoms with Gasteiger partial charge in [0.25, 0.3) is 0 Å². The summed E-state index contributed by atoms with van der Waals surface area (Å²) in [5.74, 6) is -0.672. The van der Waals surface area contributed by atoms with Gasteiger partial charge in [-0.15, -0.1) is 0 Å². The maximum Gasteiger partial charge on any atom is 0.320 e. The number of hydrogen-bond donors (Lipinski definition) is 2. The van der Waals surface area contributed by atoms with Crippen molar-refractivity contribution in [1.82, 2.24) is 5.32 Å². The second kappa shape index (κ2) is 6.40. The molecule has 3 nitrogen and oxygen atoms in total. The van der Waals surface area contributed by atoms with Gasteiger partial charge in [-0.25, -0.2) is 0 Å². The molecule has 0 radical (unpaired) electrons. The van der Waals surface area contributed by atoms with Crippen LogP contribution in [-0.4, -0.2) is 23.7 Å². The van der Waals surface area contributed by atoms with Gasteiger partial charge in [0.1, 0.15) is 6.04 Å². The van der Waals surface area contributed by atoms with Gasteiger partial charge in [-0.2, -0.15) is 0 Å². The first-order chi connectivity index (χ1) is 8.00. The molecular formula is C14H21NO2. The molecule has 94 valence electrons. The Morgan fingerprint density at radius 1 is 1.41 bits per heavy atom. The van der Waals surface area contributed by atoms with Gasteiger partial charge in [-0.1, -0.05) is 43.7 Å². The Balaban J connectivity index is 2.44. The van der Waals surface area contributed by atoms with Crippen LogP contribution in [0.1, 0.15) is 25.0 Å². The van der Waals surface area contributed by atoms with Crippen LogP contribution in [-0.2, 0) is 11.2 Å². The summed E-state index contributed by atoms with van der Waals surface area (Å²) in [5, 5.41) is 12.1. The van der Waals surface area contributed by atoms with Crippen molar-refractivity contribution in [2.45, 2.75) is 33.2 Å². The highest BCUT2D eigenvalue weighted by Crippen LogP contribution is 2.05. The minimum Gasteiger partial charge on any atom is -0.480 e. The van der Waals surface area contributed by atoms with E-state index >= 15 is 0 Å². The maximum atomic E-state index is 11.0. The molecule has 0 saturated heterocycles. The average Bonchev–Trinajstić information content (AvgIpc) is 2.23. The van der Waals surface area contributed by atoms with Crippen molar-refractivity contribution in [3.63, 3.8) is 0 Å². The number of carbonyl (C=O) groups is 1. The summed E-state index contributed by atoms with van der Waals surface area (Å²) in [5.41, 5.74) is 2.48. The molecule has 1 aromatic rings. The normalized spacial score (nSPS) is 12.7. The van der Waals surface area contributed by atoms with Crippen molar-refractivity contribution in [1.29, 1.82) is 0 Å². The van der Waals surface area contributed by atoms with Crippen molar-refractivity contribution in [3.8, 4) is 0 Å². The molecule has 17 heavy (non-hydrogen) atoms. The van der Waals surface area contributed by atoms with Crippen molar-refractivity contribution in [3.05, 3.63) is 35.4 Å². The topological polar surface area (TPSA) is 49.3 Å². The molecule has 2 N–H and O–H groups in total. The van der Waals surface area contributed by atoms with Crippen LogP contribution in [0.25, 0.3) is 0 Å². The van der Waals surface area contributed by atoms with E-state index in [4.69, 9.17) is 5.11 Å². The molecule has 1 atom stereocenters. The first kappa shape index (κ1) is 13.7. The minimum atomic E-state index is -0.774. The van der Waals surface area contributed by atoms with Gasteiger partial charge in [0, 0.05) is 0 Å². The Hall–Kier alpha value is -1.35. The van der Waals surface area contributed by atoms with Crippen LogP contribution in [0.15, 0.2) is 24.3 Å². The van der Waals surface area contributed by atoms with Gasteiger partial charge in [0.15, 0.2) is 0 Å². The van der Waals surface area contributed by atoms with E-state index in [9.17, 15) is 4.79 Å². The standard InChI is InChI=1S/C14H21NO2/c1-10(2)13(14(16)17)15-8-7-12-6-4-5-11(3)9-12/h4-6,9-10,13,15H,7-8H2,1-3H3,(H,16,17)/t13-/m0/s1. The summed E-state index contributed by atoms with van der Waals surface area (Å²) in [6, 6.07) is 7.83. The number of benzene rings is 1. The van der Waals surface area contributed by atoms with E-state index in [1.807, 2.05) is 19.9 Å². The van der Waals surface area contributed by atoms with Crippen molar-refractivity contribution >= 4 is 5.97 Å². The SMILES string of the molecule is Cc1cccc(CCN[C@H](C(=O)O)C(C)C)c1. The number of hydrogen-bond acceptors (Lipinski definition) is 2. The third kappa shape index (κ3) is 4.57. The van der Waals surface area contributed by atoms with Crippen LogP contribution >= 0.6 is 0 Å². The Bertz CT molecular complexity index is 374. The fourth-order valence-corrected chi connectivity index (χ4v) is 1.85. The predicted octanol–water partition coefficient (Wildman–Crippen LogP) is 2.24. The van der Waals surface area contributed by atoms with Gasteiger partial charge in [-0.05, 0) is 31.4 Å². The molecule has 0 saturated carbocycles. The van der Waals surface area contributed by atoms with Crippen LogP contribution in [0.2, 0.25) is 0 Å². The number of carboxylic acid groups (broad SMARTS) is 1. The lowest BCUT2D eigenvalue weighted by Gasteiger charge is -2.17. The summed E-state index contributed by atoms with van der Waals surface area (Å²) in [4.78, 5) is 11.0. The molecule has 0 aromatic heterocycles. The second-order valence-electron chi connectivity index (χ2n) is 4.75. The van der Waals surface area contributed by atoms with Crippen LogP contribution in [0, 0.1) is 12.8 Å².